The highest BCUT2D eigenvalue weighted by molar-refractivity contribution is 7.90. The van der Waals surface area contributed by atoms with E-state index >= 15 is 0 Å². The van der Waals surface area contributed by atoms with E-state index < -0.39 is 31.9 Å². The van der Waals surface area contributed by atoms with Crippen LogP contribution in [0.3, 0.4) is 0 Å². The van der Waals surface area contributed by atoms with Crippen LogP contribution in [0.1, 0.15) is 119 Å². The van der Waals surface area contributed by atoms with Crippen LogP contribution >= 0.6 is 0 Å². The lowest BCUT2D eigenvalue weighted by Crippen LogP contribution is -2.45. The van der Waals surface area contributed by atoms with Gasteiger partial charge in [-0.2, -0.15) is 0 Å². The summed E-state index contributed by atoms with van der Waals surface area (Å²) in [5, 5.41) is 2.12. The highest BCUT2D eigenvalue weighted by Crippen LogP contribution is 2.49. The van der Waals surface area contributed by atoms with Crippen molar-refractivity contribution in [2.45, 2.75) is 105 Å². The number of benzene rings is 6. The Bertz CT molecular complexity index is 4230. The summed E-state index contributed by atoms with van der Waals surface area (Å²) in [6, 6.07) is 43.4. The van der Waals surface area contributed by atoms with Crippen LogP contribution in [0.25, 0.3) is 50.4 Å². The average Bonchev–Trinajstić information content (AvgIpc) is 2.07. The third kappa shape index (κ3) is 11.7. The number of nitrogens with one attached hydrogen (secondary N) is 2. The van der Waals surface area contributed by atoms with Crippen molar-refractivity contribution in [2.24, 2.45) is 5.92 Å². The summed E-state index contributed by atoms with van der Waals surface area (Å²) in [7, 11) is -8.08. The van der Waals surface area contributed by atoms with Gasteiger partial charge in [-0.1, -0.05) is 136 Å². The normalized spacial score (nSPS) is 18.3. The predicted octanol–water partition coefficient (Wildman–Crippen LogP) is 11.2. The van der Waals surface area contributed by atoms with Gasteiger partial charge in [0.25, 0.3) is 37.8 Å². The number of amides is 4. The summed E-state index contributed by atoms with van der Waals surface area (Å²) in [6.45, 7) is 5.22. The van der Waals surface area contributed by atoms with Crippen LogP contribution in [0.15, 0.2) is 161 Å². The van der Waals surface area contributed by atoms with E-state index in [0.29, 0.717) is 89.5 Å². The molecule has 4 aliphatic heterocycles. The number of hydrogen-bond acceptors (Lipinski definition) is 10. The fraction of sp³-hybridized carbons (Fsp3) is 0.343. The molecule has 0 bridgehead atoms. The number of fused-ring (bicyclic) bond motifs is 10. The molecule has 0 radical (unpaired) electrons. The minimum atomic E-state index is -4.04. The van der Waals surface area contributed by atoms with Crippen molar-refractivity contribution in [3.8, 4) is 22.5 Å². The van der Waals surface area contributed by atoms with Crippen molar-refractivity contribution in [1.82, 2.24) is 28.4 Å². The summed E-state index contributed by atoms with van der Waals surface area (Å²) in [6.07, 6.45) is 14.1. The molecule has 16 nitrogen and oxygen atoms in total. The standard InChI is InChI=1S/C35H37N3O5S.C35H35N3O5S/c2*39-34(36-44(41,42)28-12-5-2-6-13-28)26-15-16-30-31(22-26)38-23-27(35(40)37-17-19-43-20-18-37)21-25-11-7-8-14-29(25)33(38)32(30)24-9-3-1-4-10-24/h2,5-8,11-16,22,24,27H,1,3-4,9-10,17-21,23H2,(H,36,39);2,5-8,11-16,21-22,24H,1,3-4,9-10,17-20,23H2,(H,36,39). The summed E-state index contributed by atoms with van der Waals surface area (Å²) < 4.78 is 71.9. The lowest BCUT2D eigenvalue weighted by atomic mass is 9.81. The van der Waals surface area contributed by atoms with Gasteiger partial charge >= 0.3 is 0 Å². The van der Waals surface area contributed by atoms with Gasteiger partial charge in [0.05, 0.1) is 60.1 Å². The third-order valence-electron chi connectivity index (χ3n) is 18.6. The summed E-state index contributed by atoms with van der Waals surface area (Å²) in [5.41, 5.74) is 12.0. The number of aromatic nitrogens is 2. The van der Waals surface area contributed by atoms with E-state index in [1.54, 1.807) is 54.6 Å². The quantitative estimate of drug-likeness (QED) is 0.133. The Hall–Kier alpha value is -8.16. The number of carbonyl (C=O) groups excluding carboxylic acids is 4. The molecule has 18 heteroatoms. The van der Waals surface area contributed by atoms with Crippen molar-refractivity contribution in [2.75, 3.05) is 52.6 Å². The van der Waals surface area contributed by atoms with Crippen molar-refractivity contribution >= 4 is 71.6 Å². The molecule has 14 rings (SSSR count). The molecule has 2 aliphatic carbocycles. The average molecular weight is 1220 g/mol. The second kappa shape index (κ2) is 25.1. The minimum absolute atomic E-state index is 0.0140. The van der Waals surface area contributed by atoms with Crippen LogP contribution in [0.4, 0.5) is 0 Å². The zero-order chi connectivity index (χ0) is 60.5. The van der Waals surface area contributed by atoms with E-state index in [9.17, 15) is 36.0 Å². The molecule has 4 amide bonds. The molecular formula is C70H72N6O10S2. The van der Waals surface area contributed by atoms with Crippen LogP contribution in [0, 0.1) is 5.92 Å². The Labute approximate surface area is 513 Å². The number of morpholine rings is 2. The zero-order valence-electron chi connectivity index (χ0n) is 49.2. The Morgan fingerprint density at radius 3 is 1.50 bits per heavy atom. The monoisotopic (exact) mass is 1220 g/mol. The van der Waals surface area contributed by atoms with E-state index in [-0.39, 0.29) is 38.7 Å². The largest absolute Gasteiger partial charge is 0.378 e. The first-order valence-corrected chi connectivity index (χ1v) is 34.0. The Balaban J connectivity index is 0.000000162. The molecule has 0 spiro atoms. The predicted molar refractivity (Wildman–Crippen MR) is 339 cm³/mol. The fourth-order valence-corrected chi connectivity index (χ4v) is 16.3. The zero-order valence-corrected chi connectivity index (χ0v) is 50.8. The molecule has 454 valence electrons. The molecule has 2 saturated carbocycles. The molecule has 4 fully saturated rings. The Kier molecular flexibility index (Phi) is 16.8. The van der Waals surface area contributed by atoms with Gasteiger partial charge in [0.2, 0.25) is 5.91 Å². The Morgan fingerprint density at radius 1 is 0.489 bits per heavy atom. The van der Waals surface area contributed by atoms with Crippen LogP contribution in [0.2, 0.25) is 0 Å². The van der Waals surface area contributed by atoms with E-state index in [2.05, 4.69) is 48.9 Å². The van der Waals surface area contributed by atoms with Crippen molar-refractivity contribution in [1.29, 1.82) is 0 Å². The first-order chi connectivity index (χ1) is 42.8. The first-order valence-electron chi connectivity index (χ1n) is 31.0. The molecule has 6 heterocycles. The number of nitrogens with zero attached hydrogens (tertiary/aromatic N) is 4. The van der Waals surface area contributed by atoms with E-state index in [1.165, 1.54) is 61.1 Å². The van der Waals surface area contributed by atoms with Crippen LogP contribution in [0.5, 0.6) is 0 Å². The van der Waals surface area contributed by atoms with Gasteiger partial charge in [0.1, 0.15) is 0 Å². The summed E-state index contributed by atoms with van der Waals surface area (Å²) >= 11 is 0. The van der Waals surface area contributed by atoms with Crippen LogP contribution in [-0.4, -0.2) is 112 Å². The number of rotatable bonds is 10. The Morgan fingerprint density at radius 2 is 0.955 bits per heavy atom. The summed E-state index contributed by atoms with van der Waals surface area (Å²) in [4.78, 5) is 58.5. The highest BCUT2D eigenvalue weighted by Gasteiger charge is 2.37. The molecule has 2 aromatic heterocycles. The van der Waals surface area contributed by atoms with Gasteiger partial charge in [0, 0.05) is 82.4 Å². The molecule has 2 N–H and O–H groups in total. The first kappa shape index (κ1) is 58.8. The van der Waals surface area contributed by atoms with Crippen LogP contribution < -0.4 is 9.44 Å². The summed E-state index contributed by atoms with van der Waals surface area (Å²) in [5.74, 6) is -0.813. The highest BCUT2D eigenvalue weighted by atomic mass is 32.2. The molecule has 1 unspecified atom stereocenters. The SMILES string of the molecule is O=C(NS(=O)(=O)c1ccccc1)c1ccc2c(C3CCCCC3)c3n(c2c1)CC(C(=O)N1CCOCC1)=Cc1ccccc1-3.O=C(NS(=O)(=O)c1ccccc1)c1ccc2c(C3CCCCC3)c3n(c2c1)CC(C(=O)N1CCOCC1)Cc1ccccc1-3. The molecule has 1 atom stereocenters. The lowest BCUT2D eigenvalue weighted by molar-refractivity contribution is -0.140. The van der Waals surface area contributed by atoms with Gasteiger partial charge in [-0.05, 0) is 121 Å². The van der Waals surface area contributed by atoms with Gasteiger partial charge in [-0.25, -0.2) is 26.3 Å². The second-order valence-electron chi connectivity index (χ2n) is 24.0. The minimum Gasteiger partial charge on any atom is -0.378 e. The second-order valence-corrected chi connectivity index (χ2v) is 27.4. The number of carbonyl (C=O) groups is 4. The van der Waals surface area contributed by atoms with Gasteiger partial charge in [0.15, 0.2) is 0 Å². The number of hydrogen-bond donors (Lipinski definition) is 2. The van der Waals surface area contributed by atoms with Crippen molar-refractivity contribution in [3.05, 3.63) is 185 Å². The molecule has 8 aromatic rings. The number of sulfonamides is 2. The van der Waals surface area contributed by atoms with E-state index in [0.717, 1.165) is 94.0 Å². The maximum absolute atomic E-state index is 14.0. The van der Waals surface area contributed by atoms with E-state index in [1.807, 2.05) is 52.3 Å². The third-order valence-corrected chi connectivity index (χ3v) is 21.3. The fourth-order valence-electron chi connectivity index (χ4n) is 14.3. The van der Waals surface area contributed by atoms with Gasteiger partial charge in [-0.3, -0.25) is 19.2 Å². The maximum Gasteiger partial charge on any atom is 0.265 e. The number of ether oxygens (including phenoxy) is 2. The smallest absolute Gasteiger partial charge is 0.265 e. The molecule has 2 saturated heterocycles. The maximum atomic E-state index is 14.0. The van der Waals surface area contributed by atoms with Gasteiger partial charge in [-0.15, -0.1) is 0 Å². The lowest BCUT2D eigenvalue weighted by Gasteiger charge is -2.30. The van der Waals surface area contributed by atoms with Crippen molar-refractivity contribution < 1.29 is 45.5 Å². The topological polar surface area (TPSA) is 195 Å². The molecular weight excluding hydrogens is 1150 g/mol. The van der Waals surface area contributed by atoms with Crippen LogP contribution in [-0.2, 0) is 58.6 Å². The molecule has 6 aliphatic rings. The molecule has 6 aromatic carbocycles. The van der Waals surface area contributed by atoms with Crippen molar-refractivity contribution in [3.63, 3.8) is 0 Å². The van der Waals surface area contributed by atoms with E-state index in [4.69, 9.17) is 9.47 Å². The molecule has 88 heavy (non-hydrogen) atoms. The van der Waals surface area contributed by atoms with Gasteiger partial charge < -0.3 is 28.4 Å².